The number of rotatable bonds is 5. The van der Waals surface area contributed by atoms with Crippen LogP contribution >= 0.6 is 11.6 Å². The summed E-state index contributed by atoms with van der Waals surface area (Å²) in [5, 5.41) is 7.85. The van der Waals surface area contributed by atoms with E-state index in [0.717, 1.165) is 6.21 Å². The molecule has 126 valence electrons. The zero-order valence-electron chi connectivity index (χ0n) is 13.3. The molecule has 0 amide bonds. The van der Waals surface area contributed by atoms with Crippen molar-refractivity contribution in [3.05, 3.63) is 58.1 Å². The molecular formula is C17H18ClFN4O. The first-order valence-corrected chi connectivity index (χ1v) is 7.55. The van der Waals surface area contributed by atoms with E-state index >= 15 is 0 Å². The number of nitrogen functional groups attached to an aromatic ring is 1. The van der Waals surface area contributed by atoms with Gasteiger partial charge in [0.2, 0.25) is 0 Å². The first kappa shape index (κ1) is 17.7. The molecule has 5 N–H and O–H groups in total. The SMILES string of the molecule is CC(N)=C(C=N)c1cnc(N)c(OC(C)c2cc(F)ccc2Cl)c1. The molecule has 0 saturated heterocycles. The molecule has 0 aliphatic carbocycles. The summed E-state index contributed by atoms with van der Waals surface area (Å²) in [5.74, 6) is 0.0792. The molecule has 0 fully saturated rings. The van der Waals surface area contributed by atoms with Gasteiger partial charge in [-0.25, -0.2) is 9.37 Å². The van der Waals surface area contributed by atoms with E-state index in [2.05, 4.69) is 4.98 Å². The molecular weight excluding hydrogens is 331 g/mol. The number of nitrogens with two attached hydrogens (primary N) is 2. The lowest BCUT2D eigenvalue weighted by Gasteiger charge is -2.18. The molecule has 2 aromatic rings. The lowest BCUT2D eigenvalue weighted by atomic mass is 10.1. The van der Waals surface area contributed by atoms with E-state index < -0.39 is 11.9 Å². The fourth-order valence-electron chi connectivity index (χ4n) is 2.20. The van der Waals surface area contributed by atoms with Gasteiger partial charge in [0.25, 0.3) is 0 Å². The number of hydrogen-bond acceptors (Lipinski definition) is 5. The summed E-state index contributed by atoms with van der Waals surface area (Å²) in [6.07, 6.45) is 2.11. The fourth-order valence-corrected chi connectivity index (χ4v) is 2.47. The Kier molecular flexibility index (Phi) is 5.41. The highest BCUT2D eigenvalue weighted by Crippen LogP contribution is 2.31. The van der Waals surface area contributed by atoms with Gasteiger partial charge in [-0.1, -0.05) is 11.6 Å². The lowest BCUT2D eigenvalue weighted by Crippen LogP contribution is -2.08. The maximum Gasteiger partial charge on any atom is 0.166 e. The van der Waals surface area contributed by atoms with Gasteiger partial charge in [-0.2, -0.15) is 0 Å². The third kappa shape index (κ3) is 3.83. The number of nitrogens with one attached hydrogen (secondary N) is 1. The Morgan fingerprint density at radius 3 is 2.75 bits per heavy atom. The van der Waals surface area contributed by atoms with Crippen LogP contribution in [0.2, 0.25) is 5.02 Å². The average Bonchev–Trinajstić information content (AvgIpc) is 2.53. The van der Waals surface area contributed by atoms with E-state index in [0.29, 0.717) is 33.2 Å². The van der Waals surface area contributed by atoms with Crippen LogP contribution < -0.4 is 16.2 Å². The van der Waals surface area contributed by atoms with Gasteiger partial charge in [-0.05, 0) is 38.1 Å². The summed E-state index contributed by atoms with van der Waals surface area (Å²) in [5.41, 5.74) is 13.7. The maximum atomic E-state index is 13.4. The first-order valence-electron chi connectivity index (χ1n) is 7.17. The Bertz CT molecular complexity index is 803. The Morgan fingerprint density at radius 1 is 1.42 bits per heavy atom. The van der Waals surface area contributed by atoms with Crippen LogP contribution in [0.1, 0.15) is 31.1 Å². The van der Waals surface area contributed by atoms with Gasteiger partial charge in [0.15, 0.2) is 11.6 Å². The third-order valence-corrected chi connectivity index (χ3v) is 3.81. The molecule has 24 heavy (non-hydrogen) atoms. The standard InChI is InChI=1S/C17H18ClFN4O/c1-9(21)14(7-20)11-5-16(17(22)23-8-11)24-10(2)13-6-12(19)3-4-15(13)18/h3-8,10,20H,21H2,1-2H3,(H2,22,23). The largest absolute Gasteiger partial charge is 0.482 e. The van der Waals surface area contributed by atoms with Crippen molar-refractivity contribution in [1.82, 2.24) is 4.98 Å². The van der Waals surface area contributed by atoms with Crippen molar-refractivity contribution in [2.45, 2.75) is 20.0 Å². The average molecular weight is 349 g/mol. The second-order valence-electron chi connectivity index (χ2n) is 5.27. The highest BCUT2D eigenvalue weighted by atomic mass is 35.5. The molecule has 0 aliphatic rings. The van der Waals surface area contributed by atoms with Gasteiger partial charge in [0.05, 0.1) is 0 Å². The number of aromatic nitrogens is 1. The Labute approximate surface area is 144 Å². The molecule has 1 aromatic heterocycles. The quantitative estimate of drug-likeness (QED) is 0.713. The molecule has 2 rings (SSSR count). The smallest absolute Gasteiger partial charge is 0.166 e. The van der Waals surface area contributed by atoms with Gasteiger partial charge in [0, 0.05) is 39.8 Å². The highest BCUT2D eigenvalue weighted by Gasteiger charge is 2.15. The van der Waals surface area contributed by atoms with Gasteiger partial charge in [-0.15, -0.1) is 0 Å². The van der Waals surface area contributed by atoms with E-state index in [4.69, 9.17) is 33.2 Å². The lowest BCUT2D eigenvalue weighted by molar-refractivity contribution is 0.227. The topological polar surface area (TPSA) is 98.0 Å². The first-order chi connectivity index (χ1) is 11.3. The number of halogens is 2. The van der Waals surface area contributed by atoms with E-state index in [1.54, 1.807) is 19.9 Å². The molecule has 1 heterocycles. The van der Waals surface area contributed by atoms with Crippen molar-refractivity contribution in [2.75, 3.05) is 5.73 Å². The van der Waals surface area contributed by atoms with Crippen molar-refractivity contribution in [2.24, 2.45) is 5.73 Å². The van der Waals surface area contributed by atoms with Gasteiger partial charge in [0.1, 0.15) is 11.9 Å². The molecule has 0 saturated carbocycles. The van der Waals surface area contributed by atoms with Crippen molar-refractivity contribution in [3.8, 4) is 5.75 Å². The third-order valence-electron chi connectivity index (χ3n) is 3.46. The number of benzene rings is 1. The fraction of sp³-hybridized carbons (Fsp3) is 0.176. The second kappa shape index (κ2) is 7.31. The Hall–Kier alpha value is -2.60. The highest BCUT2D eigenvalue weighted by molar-refractivity contribution is 6.31. The van der Waals surface area contributed by atoms with Crippen molar-refractivity contribution in [3.63, 3.8) is 0 Å². The summed E-state index contributed by atoms with van der Waals surface area (Å²) in [7, 11) is 0. The van der Waals surface area contributed by atoms with Crippen molar-refractivity contribution < 1.29 is 9.13 Å². The molecule has 1 aromatic carbocycles. The summed E-state index contributed by atoms with van der Waals surface area (Å²) < 4.78 is 19.2. The minimum Gasteiger partial charge on any atom is -0.482 e. The number of hydrogen-bond donors (Lipinski definition) is 3. The Balaban J connectivity index is 2.37. The predicted octanol–water partition coefficient (Wildman–Crippen LogP) is 3.94. The number of anilines is 1. The molecule has 7 heteroatoms. The Morgan fingerprint density at radius 2 is 2.12 bits per heavy atom. The van der Waals surface area contributed by atoms with Crippen LogP contribution in [0.5, 0.6) is 5.75 Å². The second-order valence-corrected chi connectivity index (χ2v) is 5.68. The molecule has 0 spiro atoms. The van der Waals surface area contributed by atoms with Crippen LogP contribution in [-0.4, -0.2) is 11.2 Å². The number of allylic oxidation sites excluding steroid dienone is 2. The van der Waals surface area contributed by atoms with Crippen LogP contribution in [0.25, 0.3) is 5.57 Å². The summed E-state index contributed by atoms with van der Waals surface area (Å²) >= 11 is 6.10. The van der Waals surface area contributed by atoms with Crippen molar-refractivity contribution in [1.29, 1.82) is 5.41 Å². The monoisotopic (exact) mass is 348 g/mol. The minimum atomic E-state index is -0.543. The van der Waals surface area contributed by atoms with Crippen LogP contribution in [0, 0.1) is 11.2 Å². The minimum absolute atomic E-state index is 0.178. The number of ether oxygens (including phenoxy) is 1. The molecule has 0 radical (unpaired) electrons. The summed E-state index contributed by atoms with van der Waals surface area (Å²) in [4.78, 5) is 4.07. The van der Waals surface area contributed by atoms with E-state index in [9.17, 15) is 4.39 Å². The number of pyridine rings is 1. The van der Waals surface area contributed by atoms with E-state index in [1.807, 2.05) is 0 Å². The van der Waals surface area contributed by atoms with Gasteiger partial charge in [-0.3, -0.25) is 0 Å². The summed E-state index contributed by atoms with van der Waals surface area (Å²) in [6.45, 7) is 3.42. The number of nitrogens with zero attached hydrogens (tertiary/aromatic N) is 1. The molecule has 0 aliphatic heterocycles. The maximum absolute atomic E-state index is 13.4. The summed E-state index contributed by atoms with van der Waals surface area (Å²) in [6, 6.07) is 5.70. The molecule has 5 nitrogen and oxygen atoms in total. The van der Waals surface area contributed by atoms with Crippen molar-refractivity contribution >= 4 is 29.2 Å². The van der Waals surface area contributed by atoms with Crippen LogP contribution in [0.15, 0.2) is 36.2 Å². The zero-order valence-corrected chi connectivity index (χ0v) is 14.1. The van der Waals surface area contributed by atoms with Gasteiger partial charge >= 0.3 is 0 Å². The normalized spacial score (nSPS) is 13.2. The molecule has 1 atom stereocenters. The van der Waals surface area contributed by atoms with E-state index in [-0.39, 0.29) is 5.82 Å². The van der Waals surface area contributed by atoms with Crippen LogP contribution in [-0.2, 0) is 0 Å². The predicted molar refractivity (Wildman–Crippen MR) is 94.7 cm³/mol. The van der Waals surface area contributed by atoms with Crippen LogP contribution in [0.3, 0.4) is 0 Å². The van der Waals surface area contributed by atoms with E-state index in [1.165, 1.54) is 24.4 Å². The molecule has 0 bridgehead atoms. The van der Waals surface area contributed by atoms with Crippen LogP contribution in [0.4, 0.5) is 10.2 Å². The molecule has 1 unspecified atom stereocenters. The van der Waals surface area contributed by atoms with Gasteiger partial charge < -0.3 is 21.6 Å². The zero-order chi connectivity index (χ0) is 17.9.